The number of hydrogen-bond acceptors (Lipinski definition) is 5. The molecule has 1 fully saturated rings. The molecule has 0 aliphatic carbocycles. The SMILES string of the molecule is CC/C=C(\C)C(=O)N(CC(=O)N1CCCC1c1ccccn1)C(=O)OC. The van der Waals surface area contributed by atoms with Crippen LogP contribution in [0.5, 0.6) is 0 Å². The number of pyridine rings is 1. The lowest BCUT2D eigenvalue weighted by Crippen LogP contribution is -2.45. The molecule has 0 saturated carbocycles. The standard InChI is InChI=1S/C19H25N3O4/c1-4-8-14(2)18(24)22(19(25)26-3)13-17(23)21-12-7-10-16(21)15-9-5-6-11-20-15/h5-6,8-9,11,16H,4,7,10,12-13H2,1-3H3/b14-8+. The molecule has 0 radical (unpaired) electrons. The molecule has 26 heavy (non-hydrogen) atoms. The van der Waals surface area contributed by atoms with E-state index < -0.39 is 12.0 Å². The van der Waals surface area contributed by atoms with E-state index in [1.54, 1.807) is 24.1 Å². The second kappa shape index (κ2) is 9.12. The van der Waals surface area contributed by atoms with Gasteiger partial charge in [-0.2, -0.15) is 0 Å². The van der Waals surface area contributed by atoms with Crippen molar-refractivity contribution in [3.63, 3.8) is 0 Å². The van der Waals surface area contributed by atoms with Crippen molar-refractivity contribution in [3.8, 4) is 0 Å². The van der Waals surface area contributed by atoms with Gasteiger partial charge in [0.1, 0.15) is 6.54 Å². The Balaban J connectivity index is 2.17. The lowest BCUT2D eigenvalue weighted by Gasteiger charge is -2.27. The Morgan fingerprint density at radius 3 is 2.77 bits per heavy atom. The summed E-state index contributed by atoms with van der Waals surface area (Å²) in [4.78, 5) is 44.2. The van der Waals surface area contributed by atoms with E-state index in [0.29, 0.717) is 18.5 Å². The molecule has 0 N–H and O–H groups in total. The normalized spacial score (nSPS) is 17.1. The molecule has 1 aliphatic heterocycles. The minimum absolute atomic E-state index is 0.134. The van der Waals surface area contributed by atoms with Gasteiger partial charge in [-0.25, -0.2) is 9.69 Å². The van der Waals surface area contributed by atoms with E-state index in [-0.39, 0.29) is 18.5 Å². The Morgan fingerprint density at radius 2 is 2.15 bits per heavy atom. The number of amides is 3. The third kappa shape index (κ3) is 4.47. The maximum atomic E-state index is 12.8. The average Bonchev–Trinajstić information content (AvgIpc) is 3.15. The number of likely N-dealkylation sites (tertiary alicyclic amines) is 1. The molecule has 2 rings (SSSR count). The first-order valence-corrected chi connectivity index (χ1v) is 8.76. The second-order valence-electron chi connectivity index (χ2n) is 6.16. The highest BCUT2D eigenvalue weighted by molar-refractivity contribution is 6.04. The fraction of sp³-hybridized carbons (Fsp3) is 0.474. The van der Waals surface area contributed by atoms with Crippen LogP contribution in [0.1, 0.15) is 44.8 Å². The van der Waals surface area contributed by atoms with Crippen LogP contribution >= 0.6 is 0 Å². The van der Waals surface area contributed by atoms with Crippen molar-refractivity contribution in [2.24, 2.45) is 0 Å². The Kier molecular flexibility index (Phi) is 6.89. The summed E-state index contributed by atoms with van der Waals surface area (Å²) < 4.78 is 4.69. The molecule has 0 bridgehead atoms. The van der Waals surface area contributed by atoms with Crippen LogP contribution in [0.25, 0.3) is 0 Å². The van der Waals surface area contributed by atoms with Crippen molar-refractivity contribution in [3.05, 3.63) is 41.7 Å². The van der Waals surface area contributed by atoms with E-state index in [1.807, 2.05) is 25.1 Å². The molecular weight excluding hydrogens is 334 g/mol. The number of carbonyl (C=O) groups excluding carboxylic acids is 3. The molecule has 7 nitrogen and oxygen atoms in total. The molecule has 0 spiro atoms. The fourth-order valence-corrected chi connectivity index (χ4v) is 3.11. The number of carbonyl (C=O) groups is 3. The summed E-state index contributed by atoms with van der Waals surface area (Å²) in [6.07, 6.45) is 4.90. The molecule has 7 heteroatoms. The zero-order valence-corrected chi connectivity index (χ0v) is 15.5. The van der Waals surface area contributed by atoms with Gasteiger partial charge < -0.3 is 9.64 Å². The molecule has 1 atom stereocenters. The van der Waals surface area contributed by atoms with Gasteiger partial charge in [-0.05, 0) is 38.3 Å². The topological polar surface area (TPSA) is 79.8 Å². The largest absolute Gasteiger partial charge is 0.452 e. The Hall–Kier alpha value is -2.70. The number of ether oxygens (including phenoxy) is 1. The van der Waals surface area contributed by atoms with Gasteiger partial charge >= 0.3 is 6.09 Å². The summed E-state index contributed by atoms with van der Waals surface area (Å²) in [6.45, 7) is 3.75. The van der Waals surface area contributed by atoms with Crippen molar-refractivity contribution in [2.75, 3.05) is 20.2 Å². The van der Waals surface area contributed by atoms with E-state index in [0.717, 1.165) is 23.4 Å². The van der Waals surface area contributed by atoms with E-state index in [1.165, 1.54) is 7.11 Å². The molecule has 2 heterocycles. The second-order valence-corrected chi connectivity index (χ2v) is 6.16. The number of allylic oxidation sites excluding steroid dienone is 1. The molecule has 1 unspecified atom stereocenters. The predicted molar refractivity (Wildman–Crippen MR) is 96.1 cm³/mol. The van der Waals surface area contributed by atoms with Gasteiger partial charge in [0, 0.05) is 18.3 Å². The number of rotatable bonds is 5. The van der Waals surface area contributed by atoms with Crippen LogP contribution in [-0.4, -0.2) is 52.9 Å². The maximum absolute atomic E-state index is 12.8. The van der Waals surface area contributed by atoms with Crippen molar-refractivity contribution < 1.29 is 19.1 Å². The van der Waals surface area contributed by atoms with Crippen molar-refractivity contribution >= 4 is 17.9 Å². The van der Waals surface area contributed by atoms with Crippen molar-refractivity contribution in [1.82, 2.24) is 14.8 Å². The zero-order chi connectivity index (χ0) is 19.1. The Bertz CT molecular complexity index is 687. The summed E-state index contributed by atoms with van der Waals surface area (Å²) in [5.74, 6) is -0.804. The lowest BCUT2D eigenvalue weighted by molar-refractivity contribution is -0.138. The van der Waals surface area contributed by atoms with Gasteiger partial charge in [0.15, 0.2) is 0 Å². The fourth-order valence-electron chi connectivity index (χ4n) is 3.11. The summed E-state index contributed by atoms with van der Waals surface area (Å²) >= 11 is 0. The van der Waals surface area contributed by atoms with Gasteiger partial charge in [-0.15, -0.1) is 0 Å². The van der Waals surface area contributed by atoms with Crippen LogP contribution in [0, 0.1) is 0 Å². The first kappa shape index (κ1) is 19.6. The molecule has 1 aromatic heterocycles. The highest BCUT2D eigenvalue weighted by atomic mass is 16.5. The minimum Gasteiger partial charge on any atom is -0.452 e. The third-order valence-corrected chi connectivity index (χ3v) is 4.38. The summed E-state index contributed by atoms with van der Waals surface area (Å²) in [5, 5.41) is 0. The monoisotopic (exact) mass is 359 g/mol. The Morgan fingerprint density at radius 1 is 1.38 bits per heavy atom. The van der Waals surface area contributed by atoms with Crippen LogP contribution in [-0.2, 0) is 14.3 Å². The zero-order valence-electron chi connectivity index (χ0n) is 15.5. The smallest absolute Gasteiger partial charge is 0.416 e. The highest BCUT2D eigenvalue weighted by Crippen LogP contribution is 2.30. The number of aromatic nitrogens is 1. The van der Waals surface area contributed by atoms with E-state index in [2.05, 4.69) is 4.98 Å². The summed E-state index contributed by atoms with van der Waals surface area (Å²) in [7, 11) is 1.19. The highest BCUT2D eigenvalue weighted by Gasteiger charge is 2.34. The van der Waals surface area contributed by atoms with E-state index in [4.69, 9.17) is 4.74 Å². The third-order valence-electron chi connectivity index (χ3n) is 4.38. The maximum Gasteiger partial charge on any atom is 0.416 e. The summed E-state index contributed by atoms with van der Waals surface area (Å²) in [6, 6.07) is 5.45. The van der Waals surface area contributed by atoms with Crippen LogP contribution in [0.4, 0.5) is 4.79 Å². The molecule has 1 aromatic rings. The van der Waals surface area contributed by atoms with Crippen molar-refractivity contribution in [2.45, 2.75) is 39.2 Å². The number of hydrogen-bond donors (Lipinski definition) is 0. The molecular formula is C19H25N3O4. The van der Waals surface area contributed by atoms with E-state index in [9.17, 15) is 14.4 Å². The Labute approximate surface area is 153 Å². The molecule has 1 aliphatic rings. The molecule has 3 amide bonds. The summed E-state index contributed by atoms with van der Waals surface area (Å²) in [5.41, 5.74) is 1.23. The van der Waals surface area contributed by atoms with Crippen LogP contribution < -0.4 is 0 Å². The van der Waals surface area contributed by atoms with Gasteiger partial charge in [0.2, 0.25) is 5.91 Å². The first-order valence-electron chi connectivity index (χ1n) is 8.76. The average molecular weight is 359 g/mol. The van der Waals surface area contributed by atoms with E-state index >= 15 is 0 Å². The quantitative estimate of drug-likeness (QED) is 0.755. The number of nitrogens with zero attached hydrogens (tertiary/aromatic N) is 3. The van der Waals surface area contributed by atoms with Crippen molar-refractivity contribution in [1.29, 1.82) is 0 Å². The number of methoxy groups -OCH3 is 1. The first-order chi connectivity index (χ1) is 12.5. The van der Waals surface area contributed by atoms with Gasteiger partial charge in [0.25, 0.3) is 5.91 Å². The van der Waals surface area contributed by atoms with Crippen LogP contribution in [0.3, 0.4) is 0 Å². The molecule has 140 valence electrons. The molecule has 1 saturated heterocycles. The van der Waals surface area contributed by atoms with Gasteiger partial charge in [-0.3, -0.25) is 14.6 Å². The number of imide groups is 1. The van der Waals surface area contributed by atoms with Gasteiger partial charge in [0.05, 0.1) is 18.8 Å². The van der Waals surface area contributed by atoms with Crippen LogP contribution in [0.2, 0.25) is 0 Å². The van der Waals surface area contributed by atoms with Gasteiger partial charge in [-0.1, -0.05) is 19.1 Å². The predicted octanol–water partition coefficient (Wildman–Crippen LogP) is 2.70. The van der Waals surface area contributed by atoms with Crippen LogP contribution in [0.15, 0.2) is 36.0 Å². The molecule has 0 aromatic carbocycles. The minimum atomic E-state index is -0.833. The lowest BCUT2D eigenvalue weighted by atomic mass is 10.1.